The van der Waals surface area contributed by atoms with Crippen LogP contribution in [0.15, 0.2) is 22.7 Å². The number of aromatic nitrogens is 2. The fourth-order valence-corrected chi connectivity index (χ4v) is 2.68. The van der Waals surface area contributed by atoms with Crippen LogP contribution in [-0.2, 0) is 13.2 Å². The van der Waals surface area contributed by atoms with Crippen molar-refractivity contribution in [1.82, 2.24) is 9.78 Å². The summed E-state index contributed by atoms with van der Waals surface area (Å²) in [4.78, 5) is 0. The lowest BCUT2D eigenvalue weighted by atomic mass is 10.1. The van der Waals surface area contributed by atoms with Crippen LogP contribution in [0.5, 0.6) is 5.75 Å². The highest BCUT2D eigenvalue weighted by atomic mass is 79.9. The smallest absolute Gasteiger partial charge is 0.131 e. The van der Waals surface area contributed by atoms with Crippen molar-refractivity contribution in [1.29, 1.82) is 0 Å². The van der Waals surface area contributed by atoms with E-state index in [-0.39, 0.29) is 0 Å². The highest BCUT2D eigenvalue weighted by molar-refractivity contribution is 9.10. The average molecular weight is 353 g/mol. The van der Waals surface area contributed by atoms with Crippen LogP contribution in [0.3, 0.4) is 0 Å². The third-order valence-corrected chi connectivity index (χ3v) is 4.46. The second kappa shape index (κ2) is 6.62. The fourth-order valence-electron chi connectivity index (χ4n) is 2.28. The van der Waals surface area contributed by atoms with Crippen molar-refractivity contribution in [3.8, 4) is 5.75 Å². The van der Waals surface area contributed by atoms with Crippen molar-refractivity contribution >= 4 is 15.9 Å². The maximum Gasteiger partial charge on any atom is 0.131 e. The Bertz CT molecular complexity index is 635. The molecule has 0 radical (unpaired) electrons. The number of halogens is 1. The van der Waals surface area contributed by atoms with E-state index in [1.54, 1.807) is 6.92 Å². The monoisotopic (exact) mass is 352 g/mol. The van der Waals surface area contributed by atoms with E-state index in [1.807, 2.05) is 36.7 Å². The van der Waals surface area contributed by atoms with Gasteiger partial charge in [-0.15, -0.1) is 0 Å². The zero-order chi connectivity index (χ0) is 15.6. The first kappa shape index (κ1) is 16.0. The fraction of sp³-hybridized carbons (Fsp3) is 0.438. The second-order valence-corrected chi connectivity index (χ2v) is 5.96. The predicted octanol–water partition coefficient (Wildman–Crippen LogP) is 3.91. The number of hydrogen-bond acceptors (Lipinski definition) is 3. The van der Waals surface area contributed by atoms with Gasteiger partial charge in [0.05, 0.1) is 22.0 Å². The molecule has 1 atom stereocenters. The number of hydrogen-bond donors (Lipinski definition) is 1. The Morgan fingerprint density at radius 3 is 2.71 bits per heavy atom. The number of rotatable bonds is 5. The third-order valence-electron chi connectivity index (χ3n) is 3.43. The van der Waals surface area contributed by atoms with Crippen LogP contribution in [0.25, 0.3) is 0 Å². The number of aliphatic hydroxyl groups is 1. The molecule has 1 aromatic heterocycles. The lowest BCUT2D eigenvalue weighted by Gasteiger charge is -2.15. The van der Waals surface area contributed by atoms with Crippen molar-refractivity contribution in [3.63, 3.8) is 0 Å². The molecule has 0 saturated carbocycles. The summed E-state index contributed by atoms with van der Waals surface area (Å²) in [5.41, 5.74) is 3.88. The van der Waals surface area contributed by atoms with Crippen molar-refractivity contribution < 1.29 is 9.84 Å². The molecule has 2 aromatic rings. The molecule has 0 aliphatic carbocycles. The summed E-state index contributed by atoms with van der Waals surface area (Å²) >= 11 is 3.56. The number of benzene rings is 1. The van der Waals surface area contributed by atoms with Gasteiger partial charge >= 0.3 is 0 Å². The minimum atomic E-state index is -0.554. The predicted molar refractivity (Wildman–Crippen MR) is 86.5 cm³/mol. The molecule has 0 spiro atoms. The lowest BCUT2D eigenvalue weighted by Crippen LogP contribution is -2.08. The highest BCUT2D eigenvalue weighted by Crippen LogP contribution is 2.28. The van der Waals surface area contributed by atoms with Crippen LogP contribution in [-0.4, -0.2) is 14.9 Å². The van der Waals surface area contributed by atoms with Gasteiger partial charge in [0.25, 0.3) is 0 Å². The Kier molecular flexibility index (Phi) is 5.06. The van der Waals surface area contributed by atoms with Crippen LogP contribution in [0.1, 0.15) is 42.5 Å². The second-order valence-electron chi connectivity index (χ2n) is 5.17. The summed E-state index contributed by atoms with van der Waals surface area (Å²) in [5.74, 6) is 0.712. The van der Waals surface area contributed by atoms with E-state index in [0.29, 0.717) is 12.4 Å². The molecule has 1 aromatic carbocycles. The molecular weight excluding hydrogens is 332 g/mol. The van der Waals surface area contributed by atoms with Gasteiger partial charge in [-0.05, 0) is 55.8 Å². The van der Waals surface area contributed by atoms with Gasteiger partial charge in [-0.3, -0.25) is 4.68 Å². The normalized spacial score (nSPS) is 12.5. The van der Waals surface area contributed by atoms with Gasteiger partial charge in [0.2, 0.25) is 0 Å². The molecule has 0 fully saturated rings. The molecule has 1 heterocycles. The first-order valence-electron chi connectivity index (χ1n) is 7.07. The first-order valence-corrected chi connectivity index (χ1v) is 7.86. The summed E-state index contributed by atoms with van der Waals surface area (Å²) in [7, 11) is 0. The molecule has 0 unspecified atom stereocenters. The molecule has 2 rings (SSSR count). The van der Waals surface area contributed by atoms with E-state index in [4.69, 9.17) is 4.74 Å². The molecule has 0 saturated heterocycles. The number of nitrogens with zero attached hydrogens (tertiary/aromatic N) is 2. The summed E-state index contributed by atoms with van der Waals surface area (Å²) < 4.78 is 8.83. The van der Waals surface area contributed by atoms with E-state index < -0.39 is 6.10 Å². The van der Waals surface area contributed by atoms with E-state index in [9.17, 15) is 5.11 Å². The molecule has 0 aliphatic rings. The van der Waals surface area contributed by atoms with Gasteiger partial charge in [-0.25, -0.2) is 0 Å². The van der Waals surface area contributed by atoms with Gasteiger partial charge in [0.1, 0.15) is 12.4 Å². The summed E-state index contributed by atoms with van der Waals surface area (Å²) in [6, 6.07) is 5.85. The maximum absolute atomic E-state index is 9.88. The van der Waals surface area contributed by atoms with Crippen LogP contribution < -0.4 is 4.74 Å². The molecule has 0 amide bonds. The zero-order valence-corrected chi connectivity index (χ0v) is 14.4. The van der Waals surface area contributed by atoms with E-state index in [1.165, 1.54) is 0 Å². The molecule has 21 heavy (non-hydrogen) atoms. The van der Waals surface area contributed by atoms with Crippen molar-refractivity contribution in [2.24, 2.45) is 0 Å². The third kappa shape index (κ3) is 3.47. The summed E-state index contributed by atoms with van der Waals surface area (Å²) in [5, 5.41) is 14.3. The van der Waals surface area contributed by atoms with Crippen molar-refractivity contribution in [2.45, 2.75) is 47.0 Å². The Hall–Kier alpha value is -1.33. The van der Waals surface area contributed by atoms with E-state index in [0.717, 1.165) is 33.5 Å². The molecule has 114 valence electrons. The molecule has 5 heteroatoms. The molecular formula is C16H21BrN2O2. The largest absolute Gasteiger partial charge is 0.487 e. The maximum atomic E-state index is 9.88. The van der Waals surface area contributed by atoms with Gasteiger partial charge in [0, 0.05) is 12.1 Å². The lowest BCUT2D eigenvalue weighted by molar-refractivity contribution is 0.189. The van der Waals surface area contributed by atoms with E-state index in [2.05, 4.69) is 28.0 Å². The Morgan fingerprint density at radius 2 is 2.10 bits per heavy atom. The highest BCUT2D eigenvalue weighted by Gasteiger charge is 2.15. The first-order chi connectivity index (χ1) is 9.93. The molecule has 1 N–H and O–H groups in total. The zero-order valence-electron chi connectivity index (χ0n) is 12.9. The Balaban J connectivity index is 2.25. The quantitative estimate of drug-likeness (QED) is 0.887. The molecule has 4 nitrogen and oxygen atoms in total. The van der Waals surface area contributed by atoms with Gasteiger partial charge in [-0.2, -0.15) is 5.10 Å². The molecule has 0 aliphatic heterocycles. The van der Waals surface area contributed by atoms with Crippen LogP contribution in [0.2, 0.25) is 0 Å². The Labute approximate surface area is 133 Å². The summed E-state index contributed by atoms with van der Waals surface area (Å²) in [6.07, 6.45) is -0.554. The SMILES string of the molecule is CCn1nc(C)c(Br)c1COc1ccc(C)cc1[C@H](C)O. The Morgan fingerprint density at radius 1 is 1.38 bits per heavy atom. The van der Waals surface area contributed by atoms with Gasteiger partial charge in [0.15, 0.2) is 0 Å². The van der Waals surface area contributed by atoms with Crippen LogP contribution >= 0.6 is 15.9 Å². The van der Waals surface area contributed by atoms with Crippen molar-refractivity contribution in [2.75, 3.05) is 0 Å². The number of ether oxygens (including phenoxy) is 1. The van der Waals surface area contributed by atoms with Crippen LogP contribution in [0.4, 0.5) is 0 Å². The number of aliphatic hydroxyl groups excluding tert-OH is 1. The van der Waals surface area contributed by atoms with Gasteiger partial charge in [-0.1, -0.05) is 11.6 Å². The molecule has 0 bridgehead atoms. The van der Waals surface area contributed by atoms with Crippen molar-refractivity contribution in [3.05, 3.63) is 45.2 Å². The van der Waals surface area contributed by atoms with Gasteiger partial charge < -0.3 is 9.84 Å². The minimum Gasteiger partial charge on any atom is -0.487 e. The average Bonchev–Trinajstić information content (AvgIpc) is 2.72. The standard InChI is InChI=1S/C16H21BrN2O2/c1-5-19-14(16(17)11(3)18-19)9-21-15-7-6-10(2)8-13(15)12(4)20/h6-8,12,20H,5,9H2,1-4H3/t12-/m0/s1. The minimum absolute atomic E-state index is 0.415. The van der Waals surface area contributed by atoms with Crippen LogP contribution in [0, 0.1) is 13.8 Å². The topological polar surface area (TPSA) is 47.3 Å². The number of aryl methyl sites for hydroxylation is 3. The van der Waals surface area contributed by atoms with E-state index >= 15 is 0 Å². The summed E-state index contributed by atoms with van der Waals surface area (Å²) in [6.45, 7) is 8.97.